The van der Waals surface area contributed by atoms with Crippen molar-refractivity contribution in [3.8, 4) is 0 Å². The highest BCUT2D eigenvalue weighted by molar-refractivity contribution is 9.11. The summed E-state index contributed by atoms with van der Waals surface area (Å²) < 4.78 is 1.92. The summed E-state index contributed by atoms with van der Waals surface area (Å²) in [6, 6.07) is 5.82. The molecule has 19 heavy (non-hydrogen) atoms. The molecule has 2 saturated carbocycles. The average molecular weight is 387 g/mol. The van der Waals surface area contributed by atoms with Gasteiger partial charge < -0.3 is 5.32 Å². The number of amides is 1. The fourth-order valence-electron chi connectivity index (χ4n) is 3.66. The minimum absolute atomic E-state index is 0.153. The SMILES string of the molecule is O=C(CC1CC2CCC1C2)Nc1ccc(Br)cc1Br. The normalized spacial score (nSPS) is 28.6. The van der Waals surface area contributed by atoms with Crippen molar-refractivity contribution in [2.75, 3.05) is 5.32 Å². The van der Waals surface area contributed by atoms with Crippen molar-refractivity contribution in [2.24, 2.45) is 17.8 Å². The minimum atomic E-state index is 0.153. The van der Waals surface area contributed by atoms with Crippen LogP contribution in [0.4, 0.5) is 5.69 Å². The van der Waals surface area contributed by atoms with Crippen LogP contribution in [0.3, 0.4) is 0 Å². The second-order valence-corrected chi connectivity index (χ2v) is 7.58. The first-order valence-electron chi connectivity index (χ1n) is 6.86. The lowest BCUT2D eigenvalue weighted by Crippen LogP contribution is -2.20. The maximum Gasteiger partial charge on any atom is 0.224 e. The van der Waals surface area contributed by atoms with Gasteiger partial charge in [0.25, 0.3) is 0 Å². The van der Waals surface area contributed by atoms with E-state index in [1.807, 2.05) is 18.2 Å². The lowest BCUT2D eigenvalue weighted by molar-refractivity contribution is -0.117. The van der Waals surface area contributed by atoms with E-state index in [9.17, 15) is 4.79 Å². The van der Waals surface area contributed by atoms with Crippen LogP contribution in [0.5, 0.6) is 0 Å². The molecule has 4 heteroatoms. The van der Waals surface area contributed by atoms with Gasteiger partial charge in [0.15, 0.2) is 0 Å². The van der Waals surface area contributed by atoms with Gasteiger partial charge in [0.1, 0.15) is 0 Å². The smallest absolute Gasteiger partial charge is 0.224 e. The average Bonchev–Trinajstić information content (AvgIpc) is 2.95. The topological polar surface area (TPSA) is 29.1 Å². The Morgan fingerprint density at radius 1 is 1.26 bits per heavy atom. The van der Waals surface area contributed by atoms with E-state index in [0.29, 0.717) is 12.3 Å². The van der Waals surface area contributed by atoms with E-state index in [1.54, 1.807) is 0 Å². The van der Waals surface area contributed by atoms with Crippen LogP contribution in [-0.4, -0.2) is 5.91 Å². The van der Waals surface area contributed by atoms with Crippen molar-refractivity contribution in [3.05, 3.63) is 27.1 Å². The Balaban J connectivity index is 1.59. The Morgan fingerprint density at radius 2 is 2.11 bits per heavy atom. The number of rotatable bonds is 3. The van der Waals surface area contributed by atoms with Crippen molar-refractivity contribution in [1.82, 2.24) is 0 Å². The van der Waals surface area contributed by atoms with Gasteiger partial charge in [-0.3, -0.25) is 4.79 Å². The van der Waals surface area contributed by atoms with Crippen molar-refractivity contribution in [3.63, 3.8) is 0 Å². The highest BCUT2D eigenvalue weighted by Gasteiger charge is 2.40. The maximum absolute atomic E-state index is 12.1. The molecular formula is C15H17Br2NO. The van der Waals surface area contributed by atoms with Crippen molar-refractivity contribution >= 4 is 43.5 Å². The quantitative estimate of drug-likeness (QED) is 0.779. The highest BCUT2D eigenvalue weighted by Crippen LogP contribution is 2.49. The Kier molecular flexibility index (Phi) is 3.99. The number of hydrogen-bond donors (Lipinski definition) is 1. The van der Waals surface area contributed by atoms with Gasteiger partial charge in [-0.25, -0.2) is 0 Å². The van der Waals surface area contributed by atoms with Gasteiger partial charge in [0, 0.05) is 15.4 Å². The molecule has 0 heterocycles. The first kappa shape index (κ1) is 13.6. The number of carbonyl (C=O) groups excluding carboxylic acids is 1. The predicted octanol–water partition coefficient (Wildman–Crippen LogP) is 4.98. The standard InChI is InChI=1S/C15H17Br2NO/c16-12-3-4-14(13(17)8-12)18-15(19)7-11-6-9-1-2-10(11)5-9/h3-4,8-11H,1-2,5-7H2,(H,18,19). The second kappa shape index (κ2) is 5.57. The van der Waals surface area contributed by atoms with Crippen LogP contribution >= 0.6 is 31.9 Å². The van der Waals surface area contributed by atoms with Gasteiger partial charge in [-0.2, -0.15) is 0 Å². The molecule has 0 saturated heterocycles. The zero-order valence-electron chi connectivity index (χ0n) is 10.7. The summed E-state index contributed by atoms with van der Waals surface area (Å²) in [6.07, 6.45) is 6.04. The lowest BCUT2D eigenvalue weighted by Gasteiger charge is -2.21. The van der Waals surface area contributed by atoms with Crippen LogP contribution in [-0.2, 0) is 4.79 Å². The molecular weight excluding hydrogens is 370 g/mol. The summed E-state index contributed by atoms with van der Waals surface area (Å²) in [5.74, 6) is 2.49. The fraction of sp³-hybridized carbons (Fsp3) is 0.533. The molecule has 0 spiro atoms. The van der Waals surface area contributed by atoms with Crippen LogP contribution in [0.1, 0.15) is 32.1 Å². The fourth-order valence-corrected chi connectivity index (χ4v) is 4.80. The molecule has 1 N–H and O–H groups in total. The van der Waals surface area contributed by atoms with E-state index >= 15 is 0 Å². The summed E-state index contributed by atoms with van der Waals surface area (Å²) in [6.45, 7) is 0. The molecule has 2 bridgehead atoms. The number of benzene rings is 1. The summed E-state index contributed by atoms with van der Waals surface area (Å²) in [5, 5.41) is 3.02. The van der Waals surface area contributed by atoms with E-state index in [-0.39, 0.29) is 5.91 Å². The Hall–Kier alpha value is -0.350. The monoisotopic (exact) mass is 385 g/mol. The minimum Gasteiger partial charge on any atom is -0.325 e. The molecule has 1 aromatic carbocycles. The highest BCUT2D eigenvalue weighted by atomic mass is 79.9. The van der Waals surface area contributed by atoms with Crippen LogP contribution in [0.25, 0.3) is 0 Å². The van der Waals surface area contributed by atoms with Crippen molar-refractivity contribution in [2.45, 2.75) is 32.1 Å². The van der Waals surface area contributed by atoms with Gasteiger partial charge in [0.05, 0.1) is 5.69 Å². The summed E-state index contributed by atoms with van der Waals surface area (Å²) in [7, 11) is 0. The number of fused-ring (bicyclic) bond motifs is 2. The third-order valence-corrected chi connectivity index (χ3v) is 5.69. The Morgan fingerprint density at radius 3 is 2.74 bits per heavy atom. The van der Waals surface area contributed by atoms with Crippen LogP contribution in [0.15, 0.2) is 27.1 Å². The number of halogens is 2. The van der Waals surface area contributed by atoms with Crippen molar-refractivity contribution in [1.29, 1.82) is 0 Å². The predicted molar refractivity (Wildman–Crippen MR) is 84.0 cm³/mol. The molecule has 0 aromatic heterocycles. The zero-order chi connectivity index (χ0) is 13.4. The molecule has 1 amide bonds. The number of hydrogen-bond acceptors (Lipinski definition) is 1. The van der Waals surface area contributed by atoms with Crippen LogP contribution in [0.2, 0.25) is 0 Å². The van der Waals surface area contributed by atoms with Gasteiger partial charge in [-0.15, -0.1) is 0 Å². The first-order chi connectivity index (χ1) is 9.11. The summed E-state index contributed by atoms with van der Waals surface area (Å²) in [4.78, 5) is 12.1. The van der Waals surface area contributed by atoms with E-state index in [4.69, 9.17) is 0 Å². The second-order valence-electron chi connectivity index (χ2n) is 5.81. The number of anilines is 1. The molecule has 3 atom stereocenters. The molecule has 2 fully saturated rings. The molecule has 102 valence electrons. The number of nitrogens with one attached hydrogen (secondary N) is 1. The third kappa shape index (κ3) is 3.05. The Bertz CT molecular complexity index is 503. The summed E-state index contributed by atoms with van der Waals surface area (Å²) in [5.41, 5.74) is 0.858. The van der Waals surface area contributed by atoms with Gasteiger partial charge >= 0.3 is 0 Å². The molecule has 2 aliphatic rings. The van der Waals surface area contributed by atoms with E-state index in [1.165, 1.54) is 25.7 Å². The van der Waals surface area contributed by atoms with E-state index < -0.39 is 0 Å². The maximum atomic E-state index is 12.1. The van der Waals surface area contributed by atoms with Gasteiger partial charge in [-0.05, 0) is 71.1 Å². The molecule has 2 nitrogen and oxygen atoms in total. The molecule has 3 rings (SSSR count). The first-order valence-corrected chi connectivity index (χ1v) is 8.45. The molecule has 2 aliphatic carbocycles. The largest absolute Gasteiger partial charge is 0.325 e. The van der Waals surface area contributed by atoms with Gasteiger partial charge in [-0.1, -0.05) is 22.4 Å². The molecule has 0 radical (unpaired) electrons. The van der Waals surface area contributed by atoms with Gasteiger partial charge in [0.2, 0.25) is 5.91 Å². The Labute approximate surface area is 130 Å². The lowest BCUT2D eigenvalue weighted by atomic mass is 9.86. The zero-order valence-corrected chi connectivity index (χ0v) is 13.8. The summed E-state index contributed by atoms with van der Waals surface area (Å²) >= 11 is 6.89. The number of carbonyl (C=O) groups is 1. The van der Waals surface area contributed by atoms with Crippen LogP contribution < -0.4 is 5.32 Å². The molecule has 3 unspecified atom stereocenters. The third-order valence-electron chi connectivity index (χ3n) is 4.54. The van der Waals surface area contributed by atoms with Crippen LogP contribution in [0, 0.1) is 17.8 Å². The van der Waals surface area contributed by atoms with E-state index in [0.717, 1.165) is 26.5 Å². The molecule has 1 aromatic rings. The van der Waals surface area contributed by atoms with Crippen molar-refractivity contribution < 1.29 is 4.79 Å². The molecule has 0 aliphatic heterocycles. The van der Waals surface area contributed by atoms with E-state index in [2.05, 4.69) is 37.2 Å².